The van der Waals surface area contributed by atoms with Gasteiger partial charge >= 0.3 is 0 Å². The van der Waals surface area contributed by atoms with E-state index in [1.54, 1.807) is 24.3 Å². The lowest BCUT2D eigenvalue weighted by Crippen LogP contribution is -1.96. The Morgan fingerprint density at radius 3 is 2.17 bits per heavy atom. The van der Waals surface area contributed by atoms with Crippen LogP contribution in [0.2, 0.25) is 0 Å². The number of allylic oxidation sites excluding steroid dienone is 4. The summed E-state index contributed by atoms with van der Waals surface area (Å²) in [7, 11) is 0. The standard InChI is InChI=1S/C9H11FO.C6H6F2.C2H3F3/c1-2-7-11-9-6-4-3-5-8(9)10;7-5-3-1-2-4-6(5)8;3-1-2(4)5/h3-6H,2,7H2,1H3;1,3H,2,4H2;2H,1H2. The number of para-hydroxylation sites is 1. The molecule has 7 heteroatoms. The normalized spacial score (nSPS) is 13.0. The highest BCUT2D eigenvalue weighted by atomic mass is 19.3. The zero-order chi connectivity index (χ0) is 18.4. The summed E-state index contributed by atoms with van der Waals surface area (Å²) >= 11 is 0. The Balaban J connectivity index is 0.000000358. The van der Waals surface area contributed by atoms with Gasteiger partial charge in [0.1, 0.15) is 5.83 Å². The van der Waals surface area contributed by atoms with Crippen LogP contribution < -0.4 is 4.74 Å². The lowest BCUT2D eigenvalue weighted by atomic mass is 10.2. The molecular formula is C17H20F6O. The average molecular weight is 354 g/mol. The summed E-state index contributed by atoms with van der Waals surface area (Å²) in [6.45, 7) is 1.03. The Labute approximate surface area is 137 Å². The molecule has 0 atom stereocenters. The Morgan fingerprint density at radius 1 is 1.12 bits per heavy atom. The second-order valence-corrected chi connectivity index (χ2v) is 4.52. The first-order chi connectivity index (χ1) is 11.4. The van der Waals surface area contributed by atoms with E-state index in [9.17, 15) is 26.3 Å². The molecule has 1 nitrogen and oxygen atoms in total. The van der Waals surface area contributed by atoms with Crippen molar-refractivity contribution in [1.82, 2.24) is 0 Å². The lowest BCUT2D eigenvalue weighted by molar-refractivity contribution is 0.113. The highest BCUT2D eigenvalue weighted by Crippen LogP contribution is 2.19. The van der Waals surface area contributed by atoms with Crippen molar-refractivity contribution in [3.63, 3.8) is 0 Å². The first kappa shape index (κ1) is 22.1. The summed E-state index contributed by atoms with van der Waals surface area (Å²) in [6, 6.07) is 6.43. The van der Waals surface area contributed by atoms with E-state index in [2.05, 4.69) is 0 Å². The number of ether oxygens (including phenoxy) is 1. The first-order valence-electron chi connectivity index (χ1n) is 7.34. The molecule has 0 unspecified atom stereocenters. The van der Waals surface area contributed by atoms with Crippen molar-refractivity contribution in [2.24, 2.45) is 0 Å². The molecule has 0 N–H and O–H groups in total. The van der Waals surface area contributed by atoms with Crippen LogP contribution in [0.25, 0.3) is 0 Å². The highest BCUT2D eigenvalue weighted by molar-refractivity contribution is 5.23. The summed E-state index contributed by atoms with van der Waals surface area (Å²) < 4.78 is 73.1. The molecule has 0 spiro atoms. The van der Waals surface area contributed by atoms with Crippen LogP contribution in [0.3, 0.4) is 0 Å². The van der Waals surface area contributed by atoms with Gasteiger partial charge in [-0.25, -0.2) is 26.3 Å². The van der Waals surface area contributed by atoms with Gasteiger partial charge in [-0.05, 0) is 31.1 Å². The fourth-order valence-corrected chi connectivity index (χ4v) is 1.38. The number of halogens is 6. The number of hydrogen-bond donors (Lipinski definition) is 0. The van der Waals surface area contributed by atoms with Gasteiger partial charge in [-0.2, -0.15) is 0 Å². The van der Waals surface area contributed by atoms with Crippen molar-refractivity contribution in [3.05, 3.63) is 53.9 Å². The van der Waals surface area contributed by atoms with Crippen molar-refractivity contribution in [2.45, 2.75) is 32.6 Å². The maximum atomic E-state index is 12.8. The van der Waals surface area contributed by atoms with Crippen molar-refractivity contribution < 1.29 is 31.1 Å². The molecular weight excluding hydrogens is 334 g/mol. The Kier molecular flexibility index (Phi) is 12.4. The molecule has 1 aliphatic rings. The molecule has 1 aromatic carbocycles. The predicted octanol–water partition coefficient (Wildman–Crippen LogP) is 6.32. The largest absolute Gasteiger partial charge is 0.491 e. The fourth-order valence-electron chi connectivity index (χ4n) is 1.38. The van der Waals surface area contributed by atoms with E-state index in [1.807, 2.05) is 6.92 Å². The van der Waals surface area contributed by atoms with Crippen LogP contribution in [0.5, 0.6) is 5.75 Å². The number of rotatable bonds is 4. The fraction of sp³-hybridized carbons (Fsp3) is 0.412. The summed E-state index contributed by atoms with van der Waals surface area (Å²) in [6.07, 6.45) is 1.75. The van der Waals surface area contributed by atoms with E-state index in [-0.39, 0.29) is 12.2 Å². The summed E-state index contributed by atoms with van der Waals surface area (Å²) in [4.78, 5) is 0. The monoisotopic (exact) mass is 354 g/mol. The van der Waals surface area contributed by atoms with Gasteiger partial charge in [0.05, 0.1) is 6.61 Å². The third kappa shape index (κ3) is 10.7. The second kappa shape index (κ2) is 13.5. The van der Waals surface area contributed by atoms with Gasteiger partial charge in [-0.3, -0.25) is 0 Å². The van der Waals surface area contributed by atoms with Gasteiger partial charge in [0, 0.05) is 6.42 Å². The van der Waals surface area contributed by atoms with Gasteiger partial charge in [0.15, 0.2) is 24.1 Å². The van der Waals surface area contributed by atoms with E-state index >= 15 is 0 Å². The molecule has 0 saturated carbocycles. The third-order valence-corrected chi connectivity index (χ3v) is 2.47. The molecule has 24 heavy (non-hydrogen) atoms. The van der Waals surface area contributed by atoms with Crippen molar-refractivity contribution in [1.29, 1.82) is 0 Å². The van der Waals surface area contributed by atoms with Crippen molar-refractivity contribution in [3.8, 4) is 5.75 Å². The first-order valence-corrected chi connectivity index (χ1v) is 7.34. The van der Waals surface area contributed by atoms with E-state index in [4.69, 9.17) is 4.74 Å². The molecule has 136 valence electrons. The molecule has 0 aliphatic heterocycles. The number of alkyl halides is 3. The summed E-state index contributed by atoms with van der Waals surface area (Å²) in [5.41, 5.74) is 0. The van der Waals surface area contributed by atoms with Gasteiger partial charge in [-0.15, -0.1) is 0 Å². The summed E-state index contributed by atoms with van der Waals surface area (Å²) in [5, 5.41) is 0. The predicted molar refractivity (Wildman–Crippen MR) is 81.8 cm³/mol. The Hall–Kier alpha value is -1.92. The highest BCUT2D eigenvalue weighted by Gasteiger charge is 2.04. The number of hydrogen-bond acceptors (Lipinski definition) is 1. The maximum absolute atomic E-state index is 12.8. The Morgan fingerprint density at radius 2 is 1.75 bits per heavy atom. The van der Waals surface area contributed by atoms with Crippen LogP contribution in [0, 0.1) is 5.82 Å². The minimum Gasteiger partial charge on any atom is -0.491 e. The molecule has 0 heterocycles. The van der Waals surface area contributed by atoms with E-state index < -0.39 is 24.8 Å². The van der Waals surface area contributed by atoms with Crippen LogP contribution in [-0.4, -0.2) is 19.7 Å². The molecule has 0 radical (unpaired) electrons. The van der Waals surface area contributed by atoms with Crippen molar-refractivity contribution in [2.75, 3.05) is 13.3 Å². The SMILES string of the molecule is CCCOc1ccccc1F.FC1=C(F)CCC=C1.FCC(F)F. The number of benzene rings is 1. The van der Waals surface area contributed by atoms with Gasteiger partial charge in [0.2, 0.25) is 0 Å². The zero-order valence-corrected chi connectivity index (χ0v) is 13.3. The minimum absolute atomic E-state index is 0.225. The lowest BCUT2D eigenvalue weighted by Gasteiger charge is -2.03. The zero-order valence-electron chi connectivity index (χ0n) is 13.3. The van der Waals surface area contributed by atoms with Crippen LogP contribution in [-0.2, 0) is 0 Å². The molecule has 2 rings (SSSR count). The van der Waals surface area contributed by atoms with Gasteiger partial charge in [-0.1, -0.05) is 25.1 Å². The van der Waals surface area contributed by atoms with Crippen LogP contribution in [0.15, 0.2) is 48.1 Å². The maximum Gasteiger partial charge on any atom is 0.266 e. The van der Waals surface area contributed by atoms with E-state index in [0.29, 0.717) is 18.8 Å². The van der Waals surface area contributed by atoms with Crippen LogP contribution in [0.4, 0.5) is 26.3 Å². The van der Waals surface area contributed by atoms with E-state index in [1.165, 1.54) is 12.1 Å². The molecule has 0 fully saturated rings. The molecule has 0 aromatic heterocycles. The quantitative estimate of drug-likeness (QED) is 0.575. The van der Waals surface area contributed by atoms with Crippen LogP contribution in [0.1, 0.15) is 26.2 Å². The second-order valence-electron chi connectivity index (χ2n) is 4.52. The molecule has 0 saturated heterocycles. The molecule has 0 bridgehead atoms. The third-order valence-electron chi connectivity index (χ3n) is 2.47. The van der Waals surface area contributed by atoms with Crippen LogP contribution >= 0.6 is 0 Å². The summed E-state index contributed by atoms with van der Waals surface area (Å²) in [5.74, 6) is -1.28. The molecule has 1 aromatic rings. The van der Waals surface area contributed by atoms with Crippen molar-refractivity contribution >= 4 is 0 Å². The van der Waals surface area contributed by atoms with Gasteiger partial charge in [0.25, 0.3) is 6.43 Å². The topological polar surface area (TPSA) is 9.23 Å². The molecule has 0 amide bonds. The smallest absolute Gasteiger partial charge is 0.266 e. The minimum atomic E-state index is -2.78. The average Bonchev–Trinajstić information content (AvgIpc) is 2.58. The van der Waals surface area contributed by atoms with E-state index in [0.717, 1.165) is 6.42 Å². The Bertz CT molecular complexity index is 514. The van der Waals surface area contributed by atoms with Gasteiger partial charge < -0.3 is 4.74 Å². The molecule has 1 aliphatic carbocycles.